The van der Waals surface area contributed by atoms with Crippen molar-refractivity contribution in [1.29, 1.82) is 0 Å². The number of hydrogen-bond donors (Lipinski definition) is 5. The van der Waals surface area contributed by atoms with Gasteiger partial charge < -0.3 is 45.5 Å². The van der Waals surface area contributed by atoms with Gasteiger partial charge in [0.1, 0.15) is 24.1 Å². The molecule has 14 nitrogen and oxygen atoms in total. The smallest absolute Gasteiger partial charge is 0.407 e. The topological polar surface area (TPSA) is 170 Å². The predicted molar refractivity (Wildman–Crippen MR) is 268 cm³/mol. The maximum atomic E-state index is 13.9. The van der Waals surface area contributed by atoms with Crippen LogP contribution in [0.4, 0.5) is 9.59 Å². The van der Waals surface area contributed by atoms with Gasteiger partial charge in [0, 0.05) is 36.7 Å². The fourth-order valence-corrected chi connectivity index (χ4v) is 13.3. The van der Waals surface area contributed by atoms with Gasteiger partial charge in [-0.25, -0.2) is 14.6 Å². The van der Waals surface area contributed by atoms with E-state index in [1.54, 1.807) is 0 Å². The van der Waals surface area contributed by atoms with Gasteiger partial charge in [-0.3, -0.25) is 9.59 Å². The third kappa shape index (κ3) is 7.81. The number of methoxy groups -OCH3 is 2. The van der Waals surface area contributed by atoms with Gasteiger partial charge in [-0.05, 0) is 125 Å². The fourth-order valence-electron chi connectivity index (χ4n) is 13.3. The van der Waals surface area contributed by atoms with E-state index in [-0.39, 0.29) is 41.9 Å². The van der Waals surface area contributed by atoms with E-state index in [0.29, 0.717) is 36.8 Å². The highest BCUT2D eigenvalue weighted by Gasteiger charge is 2.45. The highest BCUT2D eigenvalue weighted by Crippen LogP contribution is 2.60. The van der Waals surface area contributed by atoms with E-state index >= 15 is 0 Å². The largest absolute Gasteiger partial charge is 0.453 e. The molecule has 5 N–H and O–H groups in total. The van der Waals surface area contributed by atoms with Crippen LogP contribution in [0.25, 0.3) is 39.2 Å². The molecule has 4 amide bonds. The third-order valence-electron chi connectivity index (χ3n) is 16.7. The van der Waals surface area contributed by atoms with E-state index in [4.69, 9.17) is 14.5 Å². The second-order valence-electron chi connectivity index (χ2n) is 21.3. The normalized spacial score (nSPS) is 25.4. The molecule has 0 spiro atoms. The molecule has 14 heteroatoms. The van der Waals surface area contributed by atoms with Crippen molar-refractivity contribution in [2.24, 2.45) is 11.8 Å². The van der Waals surface area contributed by atoms with Crippen molar-refractivity contribution < 1.29 is 28.7 Å². The van der Waals surface area contributed by atoms with Crippen molar-refractivity contribution in [3.05, 3.63) is 107 Å². The molecule has 5 unspecified atom stereocenters. The molecule has 11 rings (SSSR count). The van der Waals surface area contributed by atoms with E-state index in [1.165, 1.54) is 83.6 Å². The Morgan fingerprint density at radius 2 is 1.21 bits per heavy atom. The van der Waals surface area contributed by atoms with Crippen molar-refractivity contribution in [2.75, 3.05) is 27.3 Å². The first-order valence-electron chi connectivity index (χ1n) is 25.6. The minimum atomic E-state index is -0.684. The zero-order valence-electron chi connectivity index (χ0n) is 41.1. The summed E-state index contributed by atoms with van der Waals surface area (Å²) < 4.78 is 9.68. The SMILES string of the molecule is COC(=O)N[C@H](C(=O)N1CCC[C@H]1c1ncc(-c2ccc(-c3ccc(-c4ccc(C5=CNC([C@@H]6CCCN6C(=O)[C@@H](NC(=O)OC)C(C)C)N5)c5c4C4CCC5C4)c4c3C3C=CC4C3)cc2)[nH]1)C(C)C. The number of aromatic nitrogens is 2. The predicted octanol–water partition coefficient (Wildman–Crippen LogP) is 9.15. The number of fused-ring (bicyclic) bond motifs is 10. The number of benzene rings is 3. The number of carbonyl (C=O) groups is 4. The zero-order chi connectivity index (χ0) is 48.5. The van der Waals surface area contributed by atoms with Crippen LogP contribution in [0.1, 0.15) is 142 Å². The molecule has 4 aliphatic carbocycles. The number of imidazole rings is 1. The van der Waals surface area contributed by atoms with Crippen LogP contribution in [0, 0.1) is 11.8 Å². The first-order chi connectivity index (χ1) is 33.9. The van der Waals surface area contributed by atoms with E-state index in [0.717, 1.165) is 54.9 Å². The summed E-state index contributed by atoms with van der Waals surface area (Å²) in [6.07, 6.45) is 15.7. The molecule has 3 aliphatic heterocycles. The second-order valence-corrected chi connectivity index (χ2v) is 21.3. The van der Waals surface area contributed by atoms with Crippen LogP contribution in [0.2, 0.25) is 0 Å². The first kappa shape index (κ1) is 45.8. The molecule has 4 bridgehead atoms. The van der Waals surface area contributed by atoms with Crippen molar-refractivity contribution >= 4 is 29.7 Å². The molecule has 70 heavy (non-hydrogen) atoms. The lowest BCUT2D eigenvalue weighted by Crippen LogP contribution is -2.57. The number of likely N-dealkylation sites (tertiary alicyclic amines) is 2. The number of rotatable bonds is 12. The number of amides is 4. The Bertz CT molecular complexity index is 2790. The molecule has 9 atom stereocenters. The van der Waals surface area contributed by atoms with Gasteiger partial charge in [-0.1, -0.05) is 88.4 Å². The van der Waals surface area contributed by atoms with E-state index < -0.39 is 24.3 Å². The Hall–Kier alpha value is -6.57. The summed E-state index contributed by atoms with van der Waals surface area (Å²) in [5.74, 6) is 2.22. The molecule has 2 saturated heterocycles. The van der Waals surface area contributed by atoms with E-state index in [2.05, 4.69) is 93.1 Å². The van der Waals surface area contributed by atoms with Gasteiger partial charge in [0.25, 0.3) is 0 Å². The Labute approximate surface area is 410 Å². The van der Waals surface area contributed by atoms with E-state index in [9.17, 15) is 19.2 Å². The number of nitrogens with zero attached hydrogens (tertiary/aromatic N) is 3. The molecule has 4 aromatic rings. The quantitative estimate of drug-likeness (QED) is 0.0870. The summed E-state index contributed by atoms with van der Waals surface area (Å²) in [5, 5.41) is 13.0. The molecule has 3 fully saturated rings. The van der Waals surface area contributed by atoms with Gasteiger partial charge >= 0.3 is 12.2 Å². The number of H-pyrrole nitrogens is 1. The van der Waals surface area contributed by atoms with Gasteiger partial charge in [-0.15, -0.1) is 0 Å². The highest BCUT2D eigenvalue weighted by molar-refractivity contribution is 5.89. The summed E-state index contributed by atoms with van der Waals surface area (Å²) in [5.41, 5.74) is 15.5. The fraction of sp³-hybridized carbons (Fsp3) is 0.482. The molecular formula is C56H66N8O6. The number of hydrogen-bond acceptors (Lipinski definition) is 9. The number of nitrogens with one attached hydrogen (secondary N) is 5. The molecule has 1 aromatic heterocycles. The second kappa shape index (κ2) is 18.3. The number of alkyl carbamates (subject to hydrolysis) is 2. The maximum absolute atomic E-state index is 13.9. The van der Waals surface area contributed by atoms with Crippen molar-refractivity contribution in [3.63, 3.8) is 0 Å². The lowest BCUT2D eigenvalue weighted by atomic mass is 9.78. The molecule has 3 aromatic carbocycles. The van der Waals surface area contributed by atoms with Crippen LogP contribution in [0.15, 0.2) is 73.1 Å². The Morgan fingerprint density at radius 3 is 1.87 bits per heavy atom. The molecule has 0 radical (unpaired) electrons. The molecule has 1 saturated carbocycles. The highest BCUT2D eigenvalue weighted by atomic mass is 16.5. The Balaban J connectivity index is 0.842. The average molecular weight is 947 g/mol. The van der Waals surface area contributed by atoms with Crippen LogP contribution in [-0.2, 0) is 19.1 Å². The lowest BCUT2D eigenvalue weighted by molar-refractivity contribution is -0.136. The monoisotopic (exact) mass is 947 g/mol. The summed E-state index contributed by atoms with van der Waals surface area (Å²) in [6, 6.07) is 16.7. The average Bonchev–Trinajstić information content (AvgIpc) is 4.23. The molecule has 366 valence electrons. The van der Waals surface area contributed by atoms with Crippen molar-refractivity contribution in [1.82, 2.24) is 41.0 Å². The van der Waals surface area contributed by atoms with Crippen LogP contribution < -0.4 is 21.3 Å². The van der Waals surface area contributed by atoms with Crippen LogP contribution in [0.3, 0.4) is 0 Å². The molecule has 4 heterocycles. The van der Waals surface area contributed by atoms with Gasteiger partial charge in [0.05, 0.1) is 43.9 Å². The van der Waals surface area contributed by atoms with Crippen LogP contribution >= 0.6 is 0 Å². The summed E-state index contributed by atoms with van der Waals surface area (Å²) in [4.78, 5) is 64.1. The Kier molecular flexibility index (Phi) is 12.0. The zero-order valence-corrected chi connectivity index (χ0v) is 41.1. The first-order valence-corrected chi connectivity index (χ1v) is 25.6. The van der Waals surface area contributed by atoms with Gasteiger partial charge in [-0.2, -0.15) is 0 Å². The van der Waals surface area contributed by atoms with Crippen LogP contribution in [-0.4, -0.2) is 95.4 Å². The van der Waals surface area contributed by atoms with Gasteiger partial charge in [0.15, 0.2) is 0 Å². The minimum absolute atomic E-state index is 0.0562. The van der Waals surface area contributed by atoms with Crippen molar-refractivity contribution in [3.8, 4) is 33.5 Å². The maximum Gasteiger partial charge on any atom is 0.407 e. The summed E-state index contributed by atoms with van der Waals surface area (Å²) >= 11 is 0. The number of carbonyl (C=O) groups excluding carboxylic acids is 4. The minimum Gasteiger partial charge on any atom is -0.453 e. The third-order valence-corrected chi connectivity index (χ3v) is 16.7. The summed E-state index contributed by atoms with van der Waals surface area (Å²) in [7, 11) is 2.63. The number of allylic oxidation sites excluding steroid dienone is 2. The standard InChI is InChI=1S/C56H66N8O6/c1-29(2)49(61-55(67)69-5)53(65)63-23-7-9-43(63)51-57-27-41(59-51)32-13-11-31(12-14-32)37-19-20-38(46-34-16-15-33(25-34)45(37)46)39-21-22-40(48-36-18-17-35(26-36)47(39)48)42-28-58-52(60-42)44-10-8-24-64(44)54(66)50(30(3)4)62-56(68)70-6/h11-16,19-22,27-30,33-36,43-44,49-50,52,58,60H,7-10,17-18,23-26H2,1-6H3,(H,57,59)(H,61,67)(H,62,68)/t33?,34?,35?,36?,43-,44-,49-,50-,52?/m0/s1. The number of ether oxygens (including phenoxy) is 2. The lowest BCUT2D eigenvalue weighted by Gasteiger charge is -2.34. The Morgan fingerprint density at radius 1 is 0.657 bits per heavy atom. The summed E-state index contributed by atoms with van der Waals surface area (Å²) in [6.45, 7) is 9.01. The molecule has 7 aliphatic rings. The van der Waals surface area contributed by atoms with Crippen molar-refractivity contribution in [2.45, 2.75) is 133 Å². The molecular weight excluding hydrogens is 881 g/mol. The number of aromatic amines is 1. The van der Waals surface area contributed by atoms with Crippen LogP contribution in [0.5, 0.6) is 0 Å². The van der Waals surface area contributed by atoms with E-state index in [1.807, 2.05) is 43.7 Å². The van der Waals surface area contributed by atoms with Gasteiger partial charge in [0.2, 0.25) is 11.8 Å².